The number of carbonyl (C=O) groups excluding carboxylic acids is 4. The van der Waals surface area contributed by atoms with Gasteiger partial charge in [-0.3, -0.25) is 0 Å². The SMILES string of the molecule is C=CCOC(=O)[O-].C=CCOC(=O)[O-].C=CCOC(=O)[O-].C=CCOC(=O)[O-].[Pu+4]. The van der Waals surface area contributed by atoms with Crippen LogP contribution in [0.4, 0.5) is 19.2 Å². The summed E-state index contributed by atoms with van der Waals surface area (Å²) in [4.78, 5) is 37.5. The molecule has 13 heteroatoms. The maximum absolute atomic E-state index is 9.38. The number of rotatable bonds is 8. The summed E-state index contributed by atoms with van der Waals surface area (Å²) in [6, 6.07) is 0. The predicted molar refractivity (Wildman–Crippen MR) is 86.2 cm³/mol. The average molecular weight is 648 g/mol. The van der Waals surface area contributed by atoms with Crippen LogP contribution in [0.3, 0.4) is 0 Å². The van der Waals surface area contributed by atoms with E-state index in [0.29, 0.717) is 0 Å². The Hall–Kier alpha value is -2.97. The first-order chi connectivity index (χ1) is 13.1. The fourth-order valence-corrected chi connectivity index (χ4v) is 0.508. The number of carboxylic acid groups (broad SMARTS) is 4. The van der Waals surface area contributed by atoms with Gasteiger partial charge in [-0.05, 0) is 0 Å². The first kappa shape index (κ1) is 36.9. The molecule has 0 atom stereocenters. The topological polar surface area (TPSA) is 197 Å². The van der Waals surface area contributed by atoms with Crippen molar-refractivity contribution in [3.8, 4) is 0 Å². The van der Waals surface area contributed by atoms with E-state index in [2.05, 4.69) is 45.3 Å². The molecular weight excluding hydrogens is 628 g/mol. The van der Waals surface area contributed by atoms with E-state index in [1.54, 1.807) is 0 Å². The van der Waals surface area contributed by atoms with Crippen LogP contribution in [-0.2, 0) is 18.9 Å². The molecule has 0 fully saturated rings. The van der Waals surface area contributed by atoms with Crippen LogP contribution in [0.15, 0.2) is 50.6 Å². The van der Waals surface area contributed by atoms with E-state index >= 15 is 0 Å². The molecule has 0 aliphatic carbocycles. The summed E-state index contributed by atoms with van der Waals surface area (Å²) >= 11 is 0. The Bertz CT molecular complexity index is 402. The van der Waals surface area contributed by atoms with E-state index < -0.39 is 24.6 Å². The van der Waals surface area contributed by atoms with Crippen LogP contribution < -0.4 is 20.4 Å². The molecule has 29 heavy (non-hydrogen) atoms. The van der Waals surface area contributed by atoms with Crippen molar-refractivity contribution in [3.05, 3.63) is 50.6 Å². The third-order valence-corrected chi connectivity index (χ3v) is 1.28. The van der Waals surface area contributed by atoms with Gasteiger partial charge in [-0.15, -0.1) is 26.3 Å². The van der Waals surface area contributed by atoms with Crippen LogP contribution >= 0.6 is 0 Å². The van der Waals surface area contributed by atoms with Crippen molar-refractivity contribution < 1.29 is 87.7 Å². The molecule has 0 unspecified atom stereocenters. The van der Waals surface area contributed by atoms with Crippen molar-refractivity contribution in [2.45, 2.75) is 0 Å². The van der Waals surface area contributed by atoms with Gasteiger partial charge in [-0.2, -0.15) is 0 Å². The molecule has 0 aromatic carbocycles. The summed E-state index contributed by atoms with van der Waals surface area (Å²) in [5.41, 5.74) is 0. The van der Waals surface area contributed by atoms with Crippen molar-refractivity contribution in [2.75, 3.05) is 26.4 Å². The molecule has 0 rings (SSSR count). The molecule has 0 aromatic rings. The van der Waals surface area contributed by atoms with Crippen LogP contribution in [0.1, 0.15) is 0 Å². The molecule has 0 aromatic heterocycles. The van der Waals surface area contributed by atoms with Crippen LogP contribution in [-0.4, -0.2) is 51.0 Å². The average Bonchev–Trinajstić information content (AvgIpc) is 2.62. The quantitative estimate of drug-likeness (QED) is 0.162. The minimum absolute atomic E-state index is 0. The molecule has 0 saturated carbocycles. The second kappa shape index (κ2) is 32.7. The fourth-order valence-electron chi connectivity index (χ4n) is 0.508. The molecule has 0 radical (unpaired) electrons. The molecule has 0 N–H and O–H groups in total. The Morgan fingerprint density at radius 3 is 0.690 bits per heavy atom. The maximum atomic E-state index is 9.38. The molecule has 0 spiro atoms. The van der Waals surface area contributed by atoms with Gasteiger partial charge in [0.15, 0.2) is 0 Å². The van der Waals surface area contributed by atoms with E-state index in [9.17, 15) is 39.6 Å². The van der Waals surface area contributed by atoms with E-state index in [1.807, 2.05) is 0 Å². The molecule has 0 saturated heterocycles. The Labute approximate surface area is 189 Å². The smallest absolute Gasteiger partial charge is 0.546 e. The molecular formula is C16H20O12Pu. The number of ether oxygens (including phenoxy) is 4. The van der Waals surface area contributed by atoms with E-state index in [-0.39, 0.29) is 55.6 Å². The van der Waals surface area contributed by atoms with Gasteiger partial charge in [-0.25, -0.2) is 0 Å². The largest absolute Gasteiger partial charge is 4.00 e. The third kappa shape index (κ3) is 78.2. The molecule has 12 nitrogen and oxygen atoms in total. The second-order valence-electron chi connectivity index (χ2n) is 3.40. The van der Waals surface area contributed by atoms with Crippen LogP contribution in [0.25, 0.3) is 0 Å². The van der Waals surface area contributed by atoms with Gasteiger partial charge in [0.2, 0.25) is 0 Å². The molecule has 0 aliphatic heterocycles. The zero-order valence-electron chi connectivity index (χ0n) is 15.3. The van der Waals surface area contributed by atoms with Gasteiger partial charge >= 0.3 is 29.2 Å². The van der Waals surface area contributed by atoms with E-state index in [4.69, 9.17) is 0 Å². The zero-order valence-corrected chi connectivity index (χ0v) is 18.7. The van der Waals surface area contributed by atoms with Gasteiger partial charge in [0.1, 0.15) is 0 Å². The number of hydrogen-bond donors (Lipinski definition) is 0. The zero-order chi connectivity index (χ0) is 22.8. The normalized spacial score (nSPS) is 7.17. The third-order valence-electron chi connectivity index (χ3n) is 1.28. The molecule has 162 valence electrons. The number of carbonyl (C=O) groups is 4. The Balaban J connectivity index is -0.0000000873. The first-order valence-corrected chi connectivity index (χ1v) is 6.87. The Kier molecular flexibility index (Phi) is 41.5. The van der Waals surface area contributed by atoms with Crippen LogP contribution in [0.5, 0.6) is 0 Å². The van der Waals surface area contributed by atoms with E-state index in [0.717, 1.165) is 0 Å². The van der Waals surface area contributed by atoms with Gasteiger partial charge < -0.3 is 58.6 Å². The summed E-state index contributed by atoms with van der Waals surface area (Å²) < 4.78 is 15.5. The van der Waals surface area contributed by atoms with Gasteiger partial charge in [-0.1, -0.05) is 24.3 Å². The molecule has 0 heterocycles. The summed E-state index contributed by atoms with van der Waals surface area (Å²) in [6.07, 6.45) is -0.739. The van der Waals surface area contributed by atoms with Gasteiger partial charge in [0, 0.05) is 26.4 Å². The molecule has 0 amide bonds. The number of hydrogen-bond acceptors (Lipinski definition) is 12. The van der Waals surface area contributed by atoms with Crippen molar-refractivity contribution in [3.63, 3.8) is 0 Å². The first-order valence-electron chi connectivity index (χ1n) is 6.87. The van der Waals surface area contributed by atoms with Crippen LogP contribution in [0.2, 0.25) is 0 Å². The van der Waals surface area contributed by atoms with Crippen molar-refractivity contribution in [1.29, 1.82) is 0 Å². The standard InChI is InChI=1S/4C4H6O3.Pu/c4*1-2-3-7-4(5)6;/h4*2H,1,3H2,(H,5,6);/q;;;;+4/p-4. The van der Waals surface area contributed by atoms with Gasteiger partial charge in [0.25, 0.3) is 24.6 Å². The van der Waals surface area contributed by atoms with E-state index in [1.165, 1.54) is 24.3 Å². The monoisotopic (exact) mass is 642 g/mol. The van der Waals surface area contributed by atoms with Gasteiger partial charge in [0.05, 0.1) is 0 Å². The summed E-state index contributed by atoms with van der Waals surface area (Å²) in [5, 5.41) is 37.5. The fraction of sp³-hybridized carbons (Fsp3) is 0.250. The van der Waals surface area contributed by atoms with Crippen molar-refractivity contribution in [2.24, 2.45) is 0 Å². The summed E-state index contributed by atoms with van der Waals surface area (Å²) in [6.45, 7) is 12.9. The maximum Gasteiger partial charge on any atom is 4.00 e. The second-order valence-corrected chi connectivity index (χ2v) is 3.40. The van der Waals surface area contributed by atoms with Crippen LogP contribution in [0, 0.1) is 29.2 Å². The molecule has 0 aliphatic rings. The predicted octanol–water partition coefficient (Wildman–Crippen LogP) is -1.87. The Morgan fingerprint density at radius 1 is 0.517 bits per heavy atom. The summed E-state index contributed by atoms with van der Waals surface area (Å²) in [5.74, 6) is 0. The minimum atomic E-state index is -1.51. The van der Waals surface area contributed by atoms with Crippen molar-refractivity contribution >= 4 is 24.6 Å². The van der Waals surface area contributed by atoms with Crippen molar-refractivity contribution in [1.82, 2.24) is 0 Å². The Morgan fingerprint density at radius 2 is 0.655 bits per heavy atom. The summed E-state index contributed by atoms with van der Waals surface area (Å²) in [7, 11) is 0. The minimum Gasteiger partial charge on any atom is -0.546 e. The molecule has 0 bridgehead atoms.